The van der Waals surface area contributed by atoms with Crippen molar-refractivity contribution in [2.24, 2.45) is 0 Å². The summed E-state index contributed by atoms with van der Waals surface area (Å²) in [5.74, 6) is 0. The Kier molecular flexibility index (Phi) is 3.48. The van der Waals surface area contributed by atoms with Crippen molar-refractivity contribution in [3.05, 3.63) is 52.5 Å². The van der Waals surface area contributed by atoms with Gasteiger partial charge in [0, 0.05) is 18.4 Å². The topological polar surface area (TPSA) is 29.3 Å². The second kappa shape index (κ2) is 4.91. The van der Waals surface area contributed by atoms with Crippen LogP contribution in [0.4, 0.5) is 17.1 Å². The molecule has 0 fully saturated rings. The van der Waals surface area contributed by atoms with Crippen LogP contribution in [0.2, 0.25) is 5.02 Å². The summed E-state index contributed by atoms with van der Waals surface area (Å²) in [7, 11) is 2.04. The van der Waals surface area contributed by atoms with Gasteiger partial charge in [0.25, 0.3) is 0 Å². The Bertz CT molecular complexity index is 579. The third kappa shape index (κ3) is 2.29. The zero-order chi connectivity index (χ0) is 13.3. The molecule has 94 valence electrons. The summed E-state index contributed by atoms with van der Waals surface area (Å²) in [5, 5.41) is 0.594. The van der Waals surface area contributed by atoms with E-state index in [0.717, 1.165) is 11.3 Å². The van der Waals surface area contributed by atoms with Crippen molar-refractivity contribution >= 4 is 28.7 Å². The minimum absolute atomic E-state index is 0.594. The second-order valence-electron chi connectivity index (χ2n) is 4.51. The van der Waals surface area contributed by atoms with Crippen molar-refractivity contribution in [1.82, 2.24) is 0 Å². The Balaban J connectivity index is 2.50. The van der Waals surface area contributed by atoms with Crippen LogP contribution < -0.4 is 10.6 Å². The Morgan fingerprint density at radius 2 is 1.67 bits per heavy atom. The van der Waals surface area contributed by atoms with Gasteiger partial charge in [0.1, 0.15) is 0 Å². The Morgan fingerprint density at radius 1 is 1.00 bits per heavy atom. The van der Waals surface area contributed by atoms with Crippen LogP contribution in [0.15, 0.2) is 36.4 Å². The van der Waals surface area contributed by atoms with Gasteiger partial charge in [0.15, 0.2) is 0 Å². The normalized spacial score (nSPS) is 10.4. The molecular weight excluding hydrogens is 244 g/mol. The van der Waals surface area contributed by atoms with Crippen LogP contribution >= 0.6 is 11.6 Å². The quantitative estimate of drug-likeness (QED) is 0.816. The molecule has 0 amide bonds. The Hall–Kier alpha value is -1.67. The molecule has 0 aliphatic rings. The van der Waals surface area contributed by atoms with Crippen molar-refractivity contribution in [2.75, 3.05) is 17.7 Å². The molecule has 18 heavy (non-hydrogen) atoms. The number of hydrogen-bond acceptors (Lipinski definition) is 2. The zero-order valence-corrected chi connectivity index (χ0v) is 11.6. The lowest BCUT2D eigenvalue weighted by atomic mass is 10.1. The number of para-hydroxylation sites is 1. The van der Waals surface area contributed by atoms with E-state index in [9.17, 15) is 0 Å². The number of halogens is 1. The molecule has 0 bridgehead atoms. The van der Waals surface area contributed by atoms with Crippen molar-refractivity contribution < 1.29 is 0 Å². The molecule has 0 saturated carbocycles. The fraction of sp³-hybridized carbons (Fsp3) is 0.200. The predicted octanol–water partition coefficient (Wildman–Crippen LogP) is 4.31. The molecule has 2 aromatic carbocycles. The molecule has 2 rings (SSSR count). The lowest BCUT2D eigenvalue weighted by Crippen LogP contribution is -2.12. The van der Waals surface area contributed by atoms with E-state index in [2.05, 4.69) is 24.0 Å². The van der Waals surface area contributed by atoms with Gasteiger partial charge in [-0.2, -0.15) is 0 Å². The Labute approximate surface area is 113 Å². The van der Waals surface area contributed by atoms with Gasteiger partial charge in [0.2, 0.25) is 0 Å². The van der Waals surface area contributed by atoms with Crippen molar-refractivity contribution in [3.8, 4) is 0 Å². The molecular formula is C15H17ClN2. The van der Waals surface area contributed by atoms with Gasteiger partial charge in [-0.25, -0.2) is 0 Å². The van der Waals surface area contributed by atoms with Gasteiger partial charge in [-0.05, 0) is 43.2 Å². The Morgan fingerprint density at radius 3 is 2.33 bits per heavy atom. The lowest BCUT2D eigenvalue weighted by molar-refractivity contribution is 1.17. The average Bonchev–Trinajstić information content (AvgIpc) is 2.33. The van der Waals surface area contributed by atoms with Crippen LogP contribution in [0, 0.1) is 13.8 Å². The number of anilines is 3. The molecule has 2 aromatic rings. The van der Waals surface area contributed by atoms with Gasteiger partial charge in [0.05, 0.1) is 10.7 Å². The van der Waals surface area contributed by atoms with Gasteiger partial charge < -0.3 is 10.6 Å². The maximum atomic E-state index is 6.11. The van der Waals surface area contributed by atoms with Crippen molar-refractivity contribution in [3.63, 3.8) is 0 Å². The van der Waals surface area contributed by atoms with Gasteiger partial charge in [-0.3, -0.25) is 0 Å². The fourth-order valence-corrected chi connectivity index (χ4v) is 2.28. The molecule has 0 atom stereocenters. The zero-order valence-electron chi connectivity index (χ0n) is 10.9. The summed E-state index contributed by atoms with van der Waals surface area (Å²) in [6, 6.07) is 12.1. The summed E-state index contributed by atoms with van der Waals surface area (Å²) < 4.78 is 0. The minimum atomic E-state index is 0.594. The number of hydrogen-bond donors (Lipinski definition) is 1. The first-order chi connectivity index (χ1) is 8.50. The van der Waals surface area contributed by atoms with Gasteiger partial charge in [-0.15, -0.1) is 0 Å². The maximum absolute atomic E-state index is 6.11. The molecule has 0 saturated heterocycles. The maximum Gasteiger partial charge on any atom is 0.0656 e. The number of nitrogens with zero attached hydrogens (tertiary/aromatic N) is 1. The lowest BCUT2D eigenvalue weighted by Gasteiger charge is -2.24. The molecule has 2 nitrogen and oxygen atoms in total. The monoisotopic (exact) mass is 260 g/mol. The molecule has 0 unspecified atom stereocenters. The van der Waals surface area contributed by atoms with Crippen molar-refractivity contribution in [2.45, 2.75) is 13.8 Å². The summed E-state index contributed by atoms with van der Waals surface area (Å²) in [4.78, 5) is 2.13. The van der Waals surface area contributed by atoms with Crippen LogP contribution in [-0.4, -0.2) is 7.05 Å². The molecule has 2 N–H and O–H groups in total. The smallest absolute Gasteiger partial charge is 0.0656 e. The molecule has 0 aliphatic carbocycles. The number of aryl methyl sites for hydroxylation is 2. The predicted molar refractivity (Wildman–Crippen MR) is 79.8 cm³/mol. The number of nitrogens with two attached hydrogens (primary N) is 1. The van der Waals surface area contributed by atoms with Crippen LogP contribution in [0.1, 0.15) is 11.1 Å². The molecule has 0 radical (unpaired) electrons. The van der Waals surface area contributed by atoms with Crippen molar-refractivity contribution in [1.29, 1.82) is 0 Å². The van der Waals surface area contributed by atoms with E-state index in [-0.39, 0.29) is 0 Å². The second-order valence-corrected chi connectivity index (χ2v) is 4.91. The number of rotatable bonds is 2. The van der Waals surface area contributed by atoms with E-state index in [1.54, 1.807) is 0 Å². The van der Waals surface area contributed by atoms with Crippen LogP contribution in [0.3, 0.4) is 0 Å². The van der Waals surface area contributed by atoms with Gasteiger partial charge in [-0.1, -0.05) is 29.8 Å². The van der Waals surface area contributed by atoms with E-state index in [1.165, 1.54) is 11.3 Å². The number of benzene rings is 2. The van der Waals surface area contributed by atoms with E-state index in [0.29, 0.717) is 10.7 Å². The largest absolute Gasteiger partial charge is 0.398 e. The summed E-state index contributed by atoms with van der Waals surface area (Å²) in [6.07, 6.45) is 0. The molecule has 0 spiro atoms. The van der Waals surface area contributed by atoms with E-state index in [4.69, 9.17) is 17.3 Å². The standard InChI is InChI=1S/C15H17ClN2/c1-10-6-4-5-7-14(10)18(3)15-9-12(16)13(17)8-11(15)2/h4-9H,17H2,1-3H3. The first-order valence-electron chi connectivity index (χ1n) is 5.85. The average molecular weight is 261 g/mol. The fourth-order valence-electron chi connectivity index (χ4n) is 2.12. The number of nitrogen functional groups attached to an aromatic ring is 1. The summed E-state index contributed by atoms with van der Waals surface area (Å²) in [6.45, 7) is 4.14. The highest BCUT2D eigenvalue weighted by atomic mass is 35.5. The molecule has 3 heteroatoms. The highest BCUT2D eigenvalue weighted by Gasteiger charge is 2.11. The third-order valence-corrected chi connectivity index (χ3v) is 3.48. The van der Waals surface area contributed by atoms with E-state index in [1.807, 2.05) is 38.2 Å². The first-order valence-corrected chi connectivity index (χ1v) is 6.23. The molecule has 0 aromatic heterocycles. The van der Waals surface area contributed by atoms with Crippen LogP contribution in [0.25, 0.3) is 0 Å². The third-order valence-electron chi connectivity index (χ3n) is 3.15. The van der Waals surface area contributed by atoms with Gasteiger partial charge >= 0.3 is 0 Å². The summed E-state index contributed by atoms with van der Waals surface area (Å²) in [5.41, 5.74) is 11.0. The summed E-state index contributed by atoms with van der Waals surface area (Å²) >= 11 is 6.11. The van der Waals surface area contributed by atoms with E-state index < -0.39 is 0 Å². The first kappa shape index (κ1) is 12.8. The van der Waals surface area contributed by atoms with Crippen LogP contribution in [0.5, 0.6) is 0 Å². The minimum Gasteiger partial charge on any atom is -0.398 e. The highest BCUT2D eigenvalue weighted by Crippen LogP contribution is 2.33. The molecule has 0 aliphatic heterocycles. The molecule has 0 heterocycles. The van der Waals surface area contributed by atoms with Crippen LogP contribution in [-0.2, 0) is 0 Å². The van der Waals surface area contributed by atoms with E-state index >= 15 is 0 Å². The SMILES string of the molecule is Cc1ccccc1N(C)c1cc(Cl)c(N)cc1C. The highest BCUT2D eigenvalue weighted by molar-refractivity contribution is 6.33.